The highest BCUT2D eigenvalue weighted by Crippen LogP contribution is 2.29. The standard InChI is InChI=1S/C9H10Cl2N2O/c1-13(2)9(14)6-3-5(12)4-7(10)8(6)11/h3-4H,12H2,1-2H3. The maximum absolute atomic E-state index is 11.6. The number of nitrogen functional groups attached to an aromatic ring is 1. The van der Waals surface area contributed by atoms with E-state index in [1.54, 1.807) is 14.1 Å². The summed E-state index contributed by atoms with van der Waals surface area (Å²) in [6, 6.07) is 3.02. The Kier molecular flexibility index (Phi) is 3.24. The van der Waals surface area contributed by atoms with Crippen molar-refractivity contribution in [1.29, 1.82) is 0 Å². The highest BCUT2D eigenvalue weighted by Gasteiger charge is 2.15. The van der Waals surface area contributed by atoms with Gasteiger partial charge in [-0.3, -0.25) is 4.79 Å². The van der Waals surface area contributed by atoms with Crippen molar-refractivity contribution in [2.24, 2.45) is 0 Å². The van der Waals surface area contributed by atoms with E-state index in [1.807, 2.05) is 0 Å². The third-order valence-corrected chi connectivity index (χ3v) is 2.49. The zero-order chi connectivity index (χ0) is 10.9. The Morgan fingerprint density at radius 1 is 1.36 bits per heavy atom. The summed E-state index contributed by atoms with van der Waals surface area (Å²) in [4.78, 5) is 13.0. The minimum atomic E-state index is -0.218. The molecule has 1 amide bonds. The summed E-state index contributed by atoms with van der Waals surface area (Å²) in [5.74, 6) is -0.218. The van der Waals surface area contributed by atoms with Crippen molar-refractivity contribution in [3.05, 3.63) is 27.7 Å². The first-order valence-corrected chi connectivity index (χ1v) is 4.65. The molecule has 3 nitrogen and oxygen atoms in total. The van der Waals surface area contributed by atoms with Gasteiger partial charge in [-0.05, 0) is 12.1 Å². The molecule has 0 heterocycles. The van der Waals surface area contributed by atoms with Crippen LogP contribution in [0.15, 0.2) is 12.1 Å². The molecule has 0 fully saturated rings. The number of rotatable bonds is 1. The SMILES string of the molecule is CN(C)C(=O)c1cc(N)cc(Cl)c1Cl. The molecule has 0 bridgehead atoms. The van der Waals surface area contributed by atoms with Crippen LogP contribution in [0.25, 0.3) is 0 Å². The number of hydrogen-bond acceptors (Lipinski definition) is 2. The molecule has 0 saturated carbocycles. The molecular weight excluding hydrogens is 223 g/mol. The molecule has 0 aliphatic heterocycles. The number of nitrogens with zero attached hydrogens (tertiary/aromatic N) is 1. The molecule has 1 aromatic carbocycles. The quantitative estimate of drug-likeness (QED) is 0.756. The average molecular weight is 233 g/mol. The van der Waals surface area contributed by atoms with Gasteiger partial charge in [-0.15, -0.1) is 0 Å². The first-order chi connectivity index (χ1) is 6.43. The number of amides is 1. The Labute approximate surface area is 92.4 Å². The summed E-state index contributed by atoms with van der Waals surface area (Å²) in [6.45, 7) is 0. The van der Waals surface area contributed by atoms with Gasteiger partial charge in [-0.2, -0.15) is 0 Å². The molecule has 1 aromatic rings. The summed E-state index contributed by atoms with van der Waals surface area (Å²) in [5.41, 5.74) is 6.29. The van der Waals surface area contributed by atoms with E-state index in [-0.39, 0.29) is 16.0 Å². The molecule has 0 aromatic heterocycles. The van der Waals surface area contributed by atoms with Crippen molar-refractivity contribution in [1.82, 2.24) is 4.90 Å². The second-order valence-electron chi connectivity index (χ2n) is 3.06. The smallest absolute Gasteiger partial charge is 0.254 e. The van der Waals surface area contributed by atoms with E-state index in [1.165, 1.54) is 17.0 Å². The lowest BCUT2D eigenvalue weighted by Gasteiger charge is -2.12. The molecule has 0 radical (unpaired) electrons. The topological polar surface area (TPSA) is 46.3 Å². The third-order valence-electron chi connectivity index (χ3n) is 1.69. The van der Waals surface area contributed by atoms with Crippen LogP contribution in [0.5, 0.6) is 0 Å². The van der Waals surface area contributed by atoms with E-state index in [4.69, 9.17) is 28.9 Å². The molecule has 76 valence electrons. The predicted octanol–water partition coefficient (Wildman–Crippen LogP) is 2.28. The summed E-state index contributed by atoms with van der Waals surface area (Å²) in [5, 5.41) is 0.524. The van der Waals surface area contributed by atoms with E-state index in [2.05, 4.69) is 0 Å². The molecule has 0 spiro atoms. The highest BCUT2D eigenvalue weighted by molar-refractivity contribution is 6.44. The van der Waals surface area contributed by atoms with Gasteiger partial charge in [-0.25, -0.2) is 0 Å². The molecule has 0 atom stereocenters. The Bertz CT molecular complexity index is 377. The van der Waals surface area contributed by atoms with Gasteiger partial charge in [0, 0.05) is 19.8 Å². The zero-order valence-electron chi connectivity index (χ0n) is 7.84. The first kappa shape index (κ1) is 11.1. The Morgan fingerprint density at radius 2 is 1.93 bits per heavy atom. The number of anilines is 1. The van der Waals surface area contributed by atoms with Gasteiger partial charge in [0.05, 0.1) is 15.6 Å². The zero-order valence-corrected chi connectivity index (χ0v) is 9.36. The minimum Gasteiger partial charge on any atom is -0.399 e. The third kappa shape index (κ3) is 2.11. The fourth-order valence-corrected chi connectivity index (χ4v) is 1.42. The monoisotopic (exact) mass is 232 g/mol. The normalized spacial score (nSPS) is 10.0. The van der Waals surface area contributed by atoms with Gasteiger partial charge in [0.1, 0.15) is 0 Å². The van der Waals surface area contributed by atoms with Crippen LogP contribution in [-0.4, -0.2) is 24.9 Å². The minimum absolute atomic E-state index is 0.218. The van der Waals surface area contributed by atoms with Crippen molar-refractivity contribution < 1.29 is 4.79 Å². The van der Waals surface area contributed by atoms with E-state index in [9.17, 15) is 4.79 Å². The number of benzene rings is 1. The van der Waals surface area contributed by atoms with Crippen LogP contribution in [0.3, 0.4) is 0 Å². The molecular formula is C9H10Cl2N2O. The predicted molar refractivity (Wildman–Crippen MR) is 58.9 cm³/mol. The lowest BCUT2D eigenvalue weighted by Crippen LogP contribution is -2.22. The summed E-state index contributed by atoms with van der Waals surface area (Å²) in [6.07, 6.45) is 0. The van der Waals surface area contributed by atoms with Crippen molar-refractivity contribution in [3.8, 4) is 0 Å². The van der Waals surface area contributed by atoms with Crippen LogP contribution in [0.4, 0.5) is 5.69 Å². The van der Waals surface area contributed by atoms with Crippen LogP contribution >= 0.6 is 23.2 Å². The molecule has 0 aliphatic carbocycles. The van der Waals surface area contributed by atoms with Crippen LogP contribution in [0, 0.1) is 0 Å². The second-order valence-corrected chi connectivity index (χ2v) is 3.85. The lowest BCUT2D eigenvalue weighted by atomic mass is 10.2. The Balaban J connectivity index is 3.27. The fraction of sp³-hybridized carbons (Fsp3) is 0.222. The van der Waals surface area contributed by atoms with Crippen molar-refractivity contribution >= 4 is 34.8 Å². The number of carbonyl (C=O) groups excluding carboxylic acids is 1. The molecule has 1 rings (SSSR count). The Hall–Kier alpha value is -0.930. The molecule has 0 unspecified atom stereocenters. The van der Waals surface area contributed by atoms with E-state index < -0.39 is 0 Å². The van der Waals surface area contributed by atoms with Crippen molar-refractivity contribution in [2.45, 2.75) is 0 Å². The lowest BCUT2D eigenvalue weighted by molar-refractivity contribution is 0.0828. The summed E-state index contributed by atoms with van der Waals surface area (Å²) in [7, 11) is 3.27. The van der Waals surface area contributed by atoms with Crippen LogP contribution < -0.4 is 5.73 Å². The second kappa shape index (κ2) is 4.07. The maximum atomic E-state index is 11.6. The van der Waals surface area contributed by atoms with Crippen molar-refractivity contribution in [3.63, 3.8) is 0 Å². The Morgan fingerprint density at radius 3 is 2.43 bits per heavy atom. The number of hydrogen-bond donors (Lipinski definition) is 1. The summed E-state index contributed by atoms with van der Waals surface area (Å²) >= 11 is 11.7. The van der Waals surface area contributed by atoms with Gasteiger partial charge in [-0.1, -0.05) is 23.2 Å². The van der Waals surface area contributed by atoms with Crippen molar-refractivity contribution in [2.75, 3.05) is 19.8 Å². The van der Waals surface area contributed by atoms with Crippen LogP contribution in [-0.2, 0) is 0 Å². The average Bonchev–Trinajstić information content (AvgIpc) is 2.09. The number of nitrogens with two attached hydrogens (primary N) is 1. The number of carbonyl (C=O) groups is 1. The maximum Gasteiger partial charge on any atom is 0.254 e. The van der Waals surface area contributed by atoms with Gasteiger partial charge in [0.25, 0.3) is 5.91 Å². The number of halogens is 2. The van der Waals surface area contributed by atoms with Gasteiger partial charge >= 0.3 is 0 Å². The largest absolute Gasteiger partial charge is 0.399 e. The van der Waals surface area contributed by atoms with E-state index in [0.717, 1.165) is 0 Å². The molecule has 2 N–H and O–H groups in total. The fourth-order valence-electron chi connectivity index (χ4n) is 1.01. The molecule has 0 saturated heterocycles. The van der Waals surface area contributed by atoms with Crippen LogP contribution in [0.2, 0.25) is 10.0 Å². The molecule has 14 heavy (non-hydrogen) atoms. The van der Waals surface area contributed by atoms with E-state index >= 15 is 0 Å². The van der Waals surface area contributed by atoms with Gasteiger partial charge in [0.2, 0.25) is 0 Å². The van der Waals surface area contributed by atoms with Gasteiger partial charge < -0.3 is 10.6 Å². The van der Waals surface area contributed by atoms with E-state index in [0.29, 0.717) is 11.3 Å². The molecule has 0 aliphatic rings. The van der Waals surface area contributed by atoms with Gasteiger partial charge in [0.15, 0.2) is 0 Å². The van der Waals surface area contributed by atoms with Crippen LogP contribution in [0.1, 0.15) is 10.4 Å². The first-order valence-electron chi connectivity index (χ1n) is 3.89. The highest BCUT2D eigenvalue weighted by atomic mass is 35.5. The molecule has 5 heteroatoms. The summed E-state index contributed by atoms with van der Waals surface area (Å²) < 4.78 is 0.